The van der Waals surface area contributed by atoms with Crippen LogP contribution in [0.15, 0.2) is 36.4 Å². The van der Waals surface area contributed by atoms with E-state index in [0.29, 0.717) is 11.4 Å². The SMILES string of the molecule is Nc1cc(F)c(CC(=O)Nc2cccc(NC(=O)[C@@H]3CC(=O)NC(=O)N3)c2)cc1F. The highest BCUT2D eigenvalue weighted by molar-refractivity contribution is 6.06. The maximum Gasteiger partial charge on any atom is 0.322 e. The molecule has 1 heterocycles. The van der Waals surface area contributed by atoms with Crippen LogP contribution >= 0.6 is 0 Å². The fourth-order valence-electron chi connectivity index (χ4n) is 2.79. The molecular formula is C19H17F2N5O4. The Bertz CT molecular complexity index is 1030. The number of hydrogen-bond acceptors (Lipinski definition) is 5. The number of nitrogens with one attached hydrogen (secondary N) is 4. The van der Waals surface area contributed by atoms with E-state index >= 15 is 0 Å². The van der Waals surface area contributed by atoms with E-state index in [4.69, 9.17) is 5.73 Å². The number of carbonyl (C=O) groups is 4. The van der Waals surface area contributed by atoms with Gasteiger partial charge in [-0.15, -0.1) is 0 Å². The Hall–Kier alpha value is -4.02. The minimum Gasteiger partial charge on any atom is -0.396 e. The average Bonchev–Trinajstić information content (AvgIpc) is 2.65. The fourth-order valence-corrected chi connectivity index (χ4v) is 2.79. The van der Waals surface area contributed by atoms with Crippen LogP contribution in [-0.2, 0) is 20.8 Å². The number of nitrogens with two attached hydrogens (primary N) is 1. The number of carbonyl (C=O) groups excluding carboxylic acids is 4. The molecule has 3 rings (SSSR count). The molecule has 0 aromatic heterocycles. The molecule has 0 radical (unpaired) electrons. The third kappa shape index (κ3) is 5.07. The normalized spacial score (nSPS) is 15.7. The Balaban J connectivity index is 1.63. The summed E-state index contributed by atoms with van der Waals surface area (Å²) in [5, 5.41) is 9.39. The van der Waals surface area contributed by atoms with Crippen LogP contribution in [0.2, 0.25) is 0 Å². The van der Waals surface area contributed by atoms with Crippen molar-refractivity contribution in [3.05, 3.63) is 53.6 Å². The van der Waals surface area contributed by atoms with Crippen molar-refractivity contribution in [1.82, 2.24) is 10.6 Å². The molecule has 1 saturated heterocycles. The number of imide groups is 1. The molecule has 0 aliphatic carbocycles. The van der Waals surface area contributed by atoms with Gasteiger partial charge in [-0.1, -0.05) is 6.07 Å². The predicted octanol–water partition coefficient (Wildman–Crippen LogP) is 1.26. The number of rotatable bonds is 5. The molecule has 156 valence electrons. The summed E-state index contributed by atoms with van der Waals surface area (Å²) in [6.45, 7) is 0. The van der Waals surface area contributed by atoms with Crippen molar-refractivity contribution in [3.8, 4) is 0 Å². The highest BCUT2D eigenvalue weighted by Gasteiger charge is 2.29. The minimum atomic E-state index is -1.03. The number of halogens is 2. The van der Waals surface area contributed by atoms with Gasteiger partial charge in [-0.2, -0.15) is 0 Å². The lowest BCUT2D eigenvalue weighted by Gasteiger charge is -2.22. The molecule has 0 bridgehead atoms. The Morgan fingerprint density at radius 2 is 1.77 bits per heavy atom. The molecule has 0 unspecified atom stereocenters. The largest absolute Gasteiger partial charge is 0.396 e. The van der Waals surface area contributed by atoms with Crippen molar-refractivity contribution in [2.45, 2.75) is 18.9 Å². The summed E-state index contributed by atoms with van der Waals surface area (Å²) in [6.07, 6.45) is -0.638. The van der Waals surface area contributed by atoms with Crippen molar-refractivity contribution in [2.24, 2.45) is 0 Å². The van der Waals surface area contributed by atoms with E-state index in [9.17, 15) is 28.0 Å². The van der Waals surface area contributed by atoms with Gasteiger partial charge in [0.1, 0.15) is 17.7 Å². The lowest BCUT2D eigenvalue weighted by molar-refractivity contribution is -0.126. The van der Waals surface area contributed by atoms with Crippen molar-refractivity contribution >= 4 is 40.8 Å². The first-order chi connectivity index (χ1) is 14.2. The van der Waals surface area contributed by atoms with Gasteiger partial charge in [0.15, 0.2) is 0 Å². The van der Waals surface area contributed by atoms with Crippen LogP contribution in [0.1, 0.15) is 12.0 Å². The van der Waals surface area contributed by atoms with E-state index in [1.165, 1.54) is 18.2 Å². The fraction of sp³-hybridized carbons (Fsp3) is 0.158. The van der Waals surface area contributed by atoms with E-state index in [-0.39, 0.29) is 17.7 Å². The first-order valence-electron chi connectivity index (χ1n) is 8.76. The van der Waals surface area contributed by atoms with Crippen molar-refractivity contribution in [1.29, 1.82) is 0 Å². The second-order valence-corrected chi connectivity index (χ2v) is 6.54. The monoisotopic (exact) mass is 417 g/mol. The summed E-state index contributed by atoms with van der Waals surface area (Å²) in [4.78, 5) is 47.1. The molecule has 0 saturated carbocycles. The standard InChI is InChI=1S/C19H17F2N5O4/c20-12-7-14(22)13(21)4-9(12)5-16(27)23-10-2-1-3-11(6-10)24-18(29)15-8-17(28)26-19(30)25-15/h1-4,6-7,15H,5,8,22H2,(H,23,27)(H,24,29)(H2,25,26,28,30)/t15-/m0/s1. The smallest absolute Gasteiger partial charge is 0.322 e. The lowest BCUT2D eigenvalue weighted by Crippen LogP contribution is -2.56. The second-order valence-electron chi connectivity index (χ2n) is 6.54. The lowest BCUT2D eigenvalue weighted by atomic mass is 10.1. The predicted molar refractivity (Wildman–Crippen MR) is 103 cm³/mol. The summed E-state index contributed by atoms with van der Waals surface area (Å²) in [5.74, 6) is -3.43. The van der Waals surface area contributed by atoms with E-state index in [0.717, 1.165) is 12.1 Å². The molecule has 1 fully saturated rings. The van der Waals surface area contributed by atoms with Crippen LogP contribution in [0, 0.1) is 11.6 Å². The number of urea groups is 1. The van der Waals surface area contributed by atoms with Crippen LogP contribution < -0.4 is 27.0 Å². The maximum absolute atomic E-state index is 13.8. The van der Waals surface area contributed by atoms with Gasteiger partial charge in [0, 0.05) is 23.0 Å². The van der Waals surface area contributed by atoms with Gasteiger partial charge in [0.05, 0.1) is 18.5 Å². The van der Waals surface area contributed by atoms with Gasteiger partial charge >= 0.3 is 6.03 Å². The number of amides is 5. The topological polar surface area (TPSA) is 142 Å². The van der Waals surface area contributed by atoms with E-state index in [1.54, 1.807) is 6.07 Å². The Morgan fingerprint density at radius 3 is 2.47 bits per heavy atom. The molecule has 6 N–H and O–H groups in total. The van der Waals surface area contributed by atoms with Gasteiger partial charge in [0.25, 0.3) is 0 Å². The minimum absolute atomic E-state index is 0.157. The van der Waals surface area contributed by atoms with Crippen LogP contribution in [0.5, 0.6) is 0 Å². The van der Waals surface area contributed by atoms with Gasteiger partial charge in [-0.3, -0.25) is 19.7 Å². The Morgan fingerprint density at radius 1 is 1.07 bits per heavy atom. The van der Waals surface area contributed by atoms with Gasteiger partial charge in [-0.05, 0) is 24.3 Å². The molecular weight excluding hydrogens is 400 g/mol. The second kappa shape index (κ2) is 8.55. The third-order valence-electron chi connectivity index (χ3n) is 4.19. The van der Waals surface area contributed by atoms with E-state index in [1.807, 2.05) is 5.32 Å². The zero-order valence-corrected chi connectivity index (χ0v) is 15.4. The number of nitrogen functional groups attached to an aromatic ring is 1. The summed E-state index contributed by atoms with van der Waals surface area (Å²) >= 11 is 0. The van der Waals surface area contributed by atoms with Gasteiger partial charge < -0.3 is 21.7 Å². The summed E-state index contributed by atoms with van der Waals surface area (Å²) < 4.78 is 27.3. The van der Waals surface area contributed by atoms with Crippen LogP contribution in [0.3, 0.4) is 0 Å². The highest BCUT2D eigenvalue weighted by atomic mass is 19.1. The molecule has 1 aliphatic heterocycles. The zero-order valence-electron chi connectivity index (χ0n) is 15.4. The molecule has 11 heteroatoms. The molecule has 0 spiro atoms. The third-order valence-corrected chi connectivity index (χ3v) is 4.19. The maximum atomic E-state index is 13.8. The van der Waals surface area contributed by atoms with E-state index in [2.05, 4.69) is 16.0 Å². The summed E-state index contributed by atoms with van der Waals surface area (Å²) in [7, 11) is 0. The quantitative estimate of drug-likeness (QED) is 0.466. The first kappa shape index (κ1) is 20.7. The molecule has 2 aromatic rings. The molecule has 30 heavy (non-hydrogen) atoms. The summed E-state index contributed by atoms with van der Waals surface area (Å²) in [5.41, 5.74) is 5.35. The first-order valence-corrected chi connectivity index (χ1v) is 8.76. The van der Waals surface area contributed by atoms with Crippen LogP contribution in [0.25, 0.3) is 0 Å². The zero-order chi connectivity index (χ0) is 21.8. The van der Waals surface area contributed by atoms with Crippen molar-refractivity contribution in [3.63, 3.8) is 0 Å². The number of hydrogen-bond donors (Lipinski definition) is 5. The van der Waals surface area contributed by atoms with Crippen LogP contribution in [-0.4, -0.2) is 29.8 Å². The molecule has 5 amide bonds. The molecule has 1 atom stereocenters. The van der Waals surface area contributed by atoms with Crippen molar-refractivity contribution < 1.29 is 28.0 Å². The molecule has 1 aliphatic rings. The molecule has 2 aromatic carbocycles. The van der Waals surface area contributed by atoms with Gasteiger partial charge in [0.2, 0.25) is 17.7 Å². The number of anilines is 3. The van der Waals surface area contributed by atoms with Crippen LogP contribution in [0.4, 0.5) is 30.6 Å². The average molecular weight is 417 g/mol. The van der Waals surface area contributed by atoms with Gasteiger partial charge in [-0.25, -0.2) is 13.6 Å². The van der Waals surface area contributed by atoms with E-state index < -0.39 is 47.8 Å². The Kier molecular flexibility index (Phi) is 5.90. The Labute approximate surface area is 169 Å². The molecule has 9 nitrogen and oxygen atoms in total. The highest BCUT2D eigenvalue weighted by Crippen LogP contribution is 2.19. The summed E-state index contributed by atoms with van der Waals surface area (Å²) in [6, 6.07) is 5.90. The van der Waals surface area contributed by atoms with Crippen molar-refractivity contribution in [2.75, 3.05) is 16.4 Å². The number of benzene rings is 2.